The first-order chi connectivity index (χ1) is 11.7. The first kappa shape index (κ1) is 14.3. The molecule has 0 unspecified atom stereocenters. The molecule has 1 aromatic carbocycles. The molecule has 4 aromatic rings. The van der Waals surface area contributed by atoms with Gasteiger partial charge in [0.15, 0.2) is 5.43 Å². The van der Waals surface area contributed by atoms with Gasteiger partial charge in [-0.05, 0) is 36.8 Å². The lowest BCUT2D eigenvalue weighted by atomic mass is 10.2. The minimum Gasteiger partial charge on any atom is -0.338 e. The Morgan fingerprint density at radius 1 is 1.17 bits per heavy atom. The van der Waals surface area contributed by atoms with Gasteiger partial charge in [-0.3, -0.25) is 9.78 Å². The van der Waals surface area contributed by atoms with Gasteiger partial charge in [-0.2, -0.15) is 4.98 Å². The van der Waals surface area contributed by atoms with Crippen LogP contribution < -0.4 is 5.43 Å². The number of nitrogens with zero attached hydrogens (tertiary/aromatic N) is 4. The molecule has 3 aromatic heterocycles. The number of fused-ring (bicyclic) bond motifs is 1. The van der Waals surface area contributed by atoms with Crippen molar-refractivity contribution in [3.63, 3.8) is 0 Å². The van der Waals surface area contributed by atoms with Crippen molar-refractivity contribution in [1.82, 2.24) is 19.7 Å². The van der Waals surface area contributed by atoms with Gasteiger partial charge in [0.25, 0.3) is 0 Å². The lowest BCUT2D eigenvalue weighted by Crippen LogP contribution is -2.08. The number of benzene rings is 1. The first-order valence-electron chi connectivity index (χ1n) is 7.54. The van der Waals surface area contributed by atoms with Gasteiger partial charge in [-0.25, -0.2) is 0 Å². The minimum atomic E-state index is -0.00275. The predicted molar refractivity (Wildman–Crippen MR) is 89.6 cm³/mol. The highest BCUT2D eigenvalue weighted by molar-refractivity contribution is 5.78. The topological polar surface area (TPSA) is 73.8 Å². The molecule has 0 N–H and O–H groups in total. The number of pyridine rings is 2. The van der Waals surface area contributed by atoms with E-state index < -0.39 is 0 Å². The average Bonchev–Trinajstić information content (AvgIpc) is 3.06. The monoisotopic (exact) mass is 318 g/mol. The Labute approximate surface area is 137 Å². The second kappa shape index (κ2) is 5.73. The Balaban J connectivity index is 1.70. The van der Waals surface area contributed by atoms with E-state index in [4.69, 9.17) is 4.52 Å². The second-order valence-electron chi connectivity index (χ2n) is 5.56. The molecule has 6 nitrogen and oxygen atoms in total. The third kappa shape index (κ3) is 2.58. The van der Waals surface area contributed by atoms with Gasteiger partial charge in [0.2, 0.25) is 11.7 Å². The summed E-state index contributed by atoms with van der Waals surface area (Å²) in [4.78, 5) is 20.6. The first-order valence-corrected chi connectivity index (χ1v) is 7.54. The molecule has 0 saturated carbocycles. The number of hydrogen-bond acceptors (Lipinski definition) is 5. The molecule has 0 atom stereocenters. The van der Waals surface area contributed by atoms with Crippen molar-refractivity contribution in [3.8, 4) is 11.5 Å². The van der Waals surface area contributed by atoms with Crippen molar-refractivity contribution in [1.29, 1.82) is 0 Å². The van der Waals surface area contributed by atoms with Crippen LogP contribution in [-0.4, -0.2) is 19.7 Å². The van der Waals surface area contributed by atoms with Gasteiger partial charge in [0.1, 0.15) is 12.2 Å². The Bertz CT molecular complexity index is 1080. The summed E-state index contributed by atoms with van der Waals surface area (Å²) in [5.74, 6) is 0.918. The summed E-state index contributed by atoms with van der Waals surface area (Å²) >= 11 is 0. The third-order valence-electron chi connectivity index (χ3n) is 3.80. The number of aromatic nitrogens is 4. The zero-order valence-electron chi connectivity index (χ0n) is 13.0. The second-order valence-corrected chi connectivity index (χ2v) is 5.56. The molecule has 0 fully saturated rings. The Morgan fingerprint density at radius 2 is 2.04 bits per heavy atom. The fourth-order valence-corrected chi connectivity index (χ4v) is 2.63. The summed E-state index contributed by atoms with van der Waals surface area (Å²) < 4.78 is 7.26. The van der Waals surface area contributed by atoms with Crippen LogP contribution in [0.4, 0.5) is 0 Å². The molecular weight excluding hydrogens is 304 g/mol. The summed E-state index contributed by atoms with van der Waals surface area (Å²) in [5.41, 5.74) is 2.59. The van der Waals surface area contributed by atoms with Crippen LogP contribution in [0.2, 0.25) is 0 Å². The van der Waals surface area contributed by atoms with Crippen LogP contribution in [0, 0.1) is 6.92 Å². The van der Waals surface area contributed by atoms with Crippen molar-refractivity contribution < 1.29 is 4.52 Å². The van der Waals surface area contributed by atoms with Crippen LogP contribution in [0.3, 0.4) is 0 Å². The average molecular weight is 318 g/mol. The highest BCUT2D eigenvalue weighted by Crippen LogP contribution is 2.16. The summed E-state index contributed by atoms with van der Waals surface area (Å²) in [6.07, 6.45) is 3.45. The highest BCUT2D eigenvalue weighted by Gasteiger charge is 2.11. The summed E-state index contributed by atoms with van der Waals surface area (Å²) in [7, 11) is 0. The largest absolute Gasteiger partial charge is 0.338 e. The molecule has 0 bridgehead atoms. The van der Waals surface area contributed by atoms with Crippen molar-refractivity contribution in [2.75, 3.05) is 0 Å². The van der Waals surface area contributed by atoms with E-state index in [0.717, 1.165) is 11.1 Å². The van der Waals surface area contributed by atoms with Gasteiger partial charge in [0, 0.05) is 23.8 Å². The molecule has 6 heteroatoms. The fourth-order valence-electron chi connectivity index (χ4n) is 2.63. The smallest absolute Gasteiger partial charge is 0.246 e. The van der Waals surface area contributed by atoms with Gasteiger partial charge in [-0.1, -0.05) is 17.3 Å². The molecular formula is C18H14N4O2. The fraction of sp³-hybridized carbons (Fsp3) is 0.111. The standard InChI is InChI=1S/C18H14N4O2/c1-12-6-8-19-14(10-12)18-20-17(24-21-18)11-22-9-7-16(23)13-4-2-3-5-15(13)22/h2-10H,11H2,1H3. The van der Waals surface area contributed by atoms with E-state index in [9.17, 15) is 4.79 Å². The molecule has 118 valence electrons. The lowest BCUT2D eigenvalue weighted by Gasteiger charge is -2.07. The molecule has 0 amide bonds. The predicted octanol–water partition coefficient (Wildman–Crippen LogP) is 2.80. The number of hydrogen-bond donors (Lipinski definition) is 0. The minimum absolute atomic E-state index is 0.00275. The summed E-state index contributed by atoms with van der Waals surface area (Å²) in [6.45, 7) is 2.37. The van der Waals surface area contributed by atoms with Crippen LogP contribution in [0.5, 0.6) is 0 Å². The maximum Gasteiger partial charge on any atom is 0.246 e. The van der Waals surface area contributed by atoms with E-state index in [0.29, 0.717) is 29.3 Å². The van der Waals surface area contributed by atoms with E-state index in [2.05, 4.69) is 15.1 Å². The number of para-hydroxylation sites is 1. The molecule has 0 aliphatic carbocycles. The van der Waals surface area contributed by atoms with Crippen LogP contribution in [-0.2, 0) is 6.54 Å². The van der Waals surface area contributed by atoms with Crippen LogP contribution in [0.1, 0.15) is 11.5 Å². The summed E-state index contributed by atoms with van der Waals surface area (Å²) in [6, 6.07) is 12.8. The van der Waals surface area contributed by atoms with Crippen LogP contribution in [0.25, 0.3) is 22.4 Å². The Kier molecular flexibility index (Phi) is 3.42. The molecule has 0 radical (unpaired) electrons. The maximum atomic E-state index is 11.9. The van der Waals surface area contributed by atoms with Crippen molar-refractivity contribution >= 4 is 10.9 Å². The zero-order valence-corrected chi connectivity index (χ0v) is 13.0. The van der Waals surface area contributed by atoms with E-state index in [1.807, 2.05) is 47.9 Å². The highest BCUT2D eigenvalue weighted by atomic mass is 16.5. The van der Waals surface area contributed by atoms with Gasteiger partial charge >= 0.3 is 0 Å². The third-order valence-corrected chi connectivity index (χ3v) is 3.80. The van der Waals surface area contributed by atoms with Gasteiger partial charge in [-0.15, -0.1) is 0 Å². The van der Waals surface area contributed by atoms with E-state index >= 15 is 0 Å². The molecule has 4 rings (SSSR count). The molecule has 0 spiro atoms. The Morgan fingerprint density at radius 3 is 2.92 bits per heavy atom. The molecule has 0 aliphatic rings. The molecule has 0 aliphatic heterocycles. The summed E-state index contributed by atoms with van der Waals surface area (Å²) in [5, 5.41) is 4.66. The van der Waals surface area contributed by atoms with Gasteiger partial charge < -0.3 is 9.09 Å². The van der Waals surface area contributed by atoms with E-state index in [-0.39, 0.29) is 5.43 Å². The SMILES string of the molecule is Cc1ccnc(-c2noc(Cn3ccc(=O)c4ccccc43)n2)c1. The van der Waals surface area contributed by atoms with Crippen molar-refractivity contribution in [2.45, 2.75) is 13.5 Å². The number of rotatable bonds is 3. The van der Waals surface area contributed by atoms with Gasteiger partial charge in [0.05, 0.1) is 5.52 Å². The quantitative estimate of drug-likeness (QED) is 0.581. The van der Waals surface area contributed by atoms with Crippen LogP contribution in [0.15, 0.2) is 64.2 Å². The van der Waals surface area contributed by atoms with E-state index in [1.165, 1.54) is 0 Å². The van der Waals surface area contributed by atoms with Crippen LogP contribution >= 0.6 is 0 Å². The van der Waals surface area contributed by atoms with Crippen molar-refractivity contribution in [3.05, 3.63) is 76.5 Å². The van der Waals surface area contributed by atoms with E-state index in [1.54, 1.807) is 18.5 Å². The lowest BCUT2D eigenvalue weighted by molar-refractivity contribution is 0.372. The molecule has 24 heavy (non-hydrogen) atoms. The Hall–Kier alpha value is -3.28. The molecule has 3 heterocycles. The maximum absolute atomic E-state index is 11.9. The number of aryl methyl sites for hydroxylation is 1. The molecule has 0 saturated heterocycles. The normalized spacial score (nSPS) is 11.0. The zero-order chi connectivity index (χ0) is 16.5. The van der Waals surface area contributed by atoms with Crippen molar-refractivity contribution in [2.24, 2.45) is 0 Å².